The van der Waals surface area contributed by atoms with Crippen molar-refractivity contribution in [1.29, 1.82) is 0 Å². The van der Waals surface area contributed by atoms with Gasteiger partial charge < -0.3 is 0 Å². The minimum absolute atomic E-state index is 0.818. The molecular weight excluding hydrogens is 182 g/mol. The summed E-state index contributed by atoms with van der Waals surface area (Å²) >= 11 is 0. The Morgan fingerprint density at radius 2 is 1.08 bits per heavy atom. The van der Waals surface area contributed by atoms with Crippen LogP contribution >= 0.6 is 18.5 Å². The van der Waals surface area contributed by atoms with E-state index in [9.17, 15) is 0 Å². The van der Waals surface area contributed by atoms with Gasteiger partial charge in [0.25, 0.3) is 0 Å². The lowest BCUT2D eigenvalue weighted by Gasteiger charge is -2.38. The highest BCUT2D eigenvalue weighted by atomic mass is 31.0. The maximum absolute atomic E-state index is 3.03. The van der Waals surface area contributed by atoms with E-state index in [2.05, 4.69) is 18.5 Å². The normalized spacial score (nSPS) is 41.5. The monoisotopic (exact) mass is 198 g/mol. The molecular formula is C10H16P2. The number of hydrogen-bond acceptors (Lipinski definition) is 0. The first-order chi connectivity index (χ1) is 5.79. The van der Waals surface area contributed by atoms with Gasteiger partial charge in [0.15, 0.2) is 0 Å². The van der Waals surface area contributed by atoms with Crippen molar-refractivity contribution in [2.45, 2.75) is 37.0 Å². The van der Waals surface area contributed by atoms with Crippen LogP contribution in [0.15, 0.2) is 11.1 Å². The van der Waals surface area contributed by atoms with E-state index in [4.69, 9.17) is 0 Å². The molecule has 0 N–H and O–H groups in total. The Labute approximate surface area is 79.0 Å². The molecule has 0 amide bonds. The second-order valence-electron chi connectivity index (χ2n) is 4.51. The predicted octanol–water partition coefficient (Wildman–Crippen LogP) is 2.60. The van der Waals surface area contributed by atoms with Crippen LogP contribution in [-0.2, 0) is 0 Å². The largest absolute Gasteiger partial charge is 0.129 e. The average Bonchev–Trinajstić information content (AvgIpc) is 2.89. The lowest BCUT2D eigenvalue weighted by atomic mass is 9.81. The van der Waals surface area contributed by atoms with Crippen molar-refractivity contribution < 1.29 is 0 Å². The van der Waals surface area contributed by atoms with Crippen LogP contribution < -0.4 is 0 Å². The van der Waals surface area contributed by atoms with Crippen molar-refractivity contribution in [3.05, 3.63) is 11.1 Å². The van der Waals surface area contributed by atoms with Gasteiger partial charge in [-0.05, 0) is 37.5 Å². The van der Waals surface area contributed by atoms with Crippen LogP contribution in [0.2, 0.25) is 0 Å². The Kier molecular flexibility index (Phi) is 1.69. The second kappa shape index (κ2) is 2.55. The van der Waals surface area contributed by atoms with Gasteiger partial charge in [-0.3, -0.25) is 0 Å². The molecule has 0 nitrogen and oxygen atoms in total. The Hall–Kier alpha value is 0.600. The molecule has 0 heterocycles. The summed E-state index contributed by atoms with van der Waals surface area (Å²) in [7, 11) is 6.05. The summed E-state index contributed by atoms with van der Waals surface area (Å²) in [6, 6.07) is 0. The van der Waals surface area contributed by atoms with Crippen LogP contribution in [0.1, 0.15) is 25.7 Å². The maximum atomic E-state index is 3.03. The molecule has 2 saturated carbocycles. The molecule has 2 heteroatoms. The minimum atomic E-state index is 0.818. The average molecular weight is 198 g/mol. The highest BCUT2D eigenvalue weighted by molar-refractivity contribution is 7.24. The fourth-order valence-corrected chi connectivity index (χ4v) is 3.82. The third-order valence-corrected chi connectivity index (χ3v) is 5.46. The summed E-state index contributed by atoms with van der Waals surface area (Å²) in [5.74, 6) is 2.03. The SMILES string of the molecule is PC1C(C2CC2)=C(C2CC2)C1P. The summed E-state index contributed by atoms with van der Waals surface area (Å²) in [4.78, 5) is 0. The highest BCUT2D eigenvalue weighted by Crippen LogP contribution is 2.57. The molecule has 3 rings (SSSR count). The van der Waals surface area contributed by atoms with Crippen LogP contribution in [0.25, 0.3) is 0 Å². The van der Waals surface area contributed by atoms with Crippen LogP contribution in [-0.4, -0.2) is 11.3 Å². The van der Waals surface area contributed by atoms with E-state index < -0.39 is 0 Å². The van der Waals surface area contributed by atoms with Crippen molar-refractivity contribution in [2.24, 2.45) is 11.8 Å². The van der Waals surface area contributed by atoms with Gasteiger partial charge in [0.05, 0.1) is 0 Å². The van der Waals surface area contributed by atoms with Gasteiger partial charge in [0.1, 0.15) is 0 Å². The van der Waals surface area contributed by atoms with E-state index in [0.717, 1.165) is 23.2 Å². The molecule has 2 fully saturated rings. The third-order valence-electron chi connectivity index (χ3n) is 3.47. The van der Waals surface area contributed by atoms with Crippen molar-refractivity contribution in [3.8, 4) is 0 Å². The van der Waals surface area contributed by atoms with Gasteiger partial charge in [-0.1, -0.05) is 11.1 Å². The summed E-state index contributed by atoms with van der Waals surface area (Å²) in [6.45, 7) is 0. The van der Waals surface area contributed by atoms with Crippen LogP contribution in [0, 0.1) is 11.8 Å². The fraction of sp³-hybridized carbons (Fsp3) is 0.800. The van der Waals surface area contributed by atoms with Crippen LogP contribution in [0.4, 0.5) is 0 Å². The van der Waals surface area contributed by atoms with Gasteiger partial charge in [-0.15, -0.1) is 18.5 Å². The van der Waals surface area contributed by atoms with Gasteiger partial charge in [-0.25, -0.2) is 0 Å². The lowest BCUT2D eigenvalue weighted by molar-refractivity contribution is 0.694. The van der Waals surface area contributed by atoms with Crippen LogP contribution in [0.3, 0.4) is 0 Å². The standard InChI is InChI=1S/C10H16P2/c11-9-7(5-1-2-5)8(10(9)12)6-3-4-6/h5-6,9-10H,1-4,11-12H2. The number of hydrogen-bond donors (Lipinski definition) is 0. The first kappa shape index (κ1) is 7.95. The molecule has 3 aliphatic carbocycles. The molecule has 0 aromatic rings. The Morgan fingerprint density at radius 3 is 1.33 bits per heavy atom. The molecule has 0 aromatic carbocycles. The molecule has 0 spiro atoms. The van der Waals surface area contributed by atoms with Crippen molar-refractivity contribution in [3.63, 3.8) is 0 Å². The first-order valence-corrected chi connectivity index (χ1v) is 6.37. The van der Waals surface area contributed by atoms with Gasteiger partial charge in [0, 0.05) is 11.3 Å². The van der Waals surface area contributed by atoms with E-state index in [1.54, 1.807) is 0 Å². The Balaban J connectivity index is 1.91. The van der Waals surface area contributed by atoms with Crippen LogP contribution in [0.5, 0.6) is 0 Å². The quantitative estimate of drug-likeness (QED) is 0.472. The zero-order chi connectivity index (χ0) is 8.29. The minimum Gasteiger partial charge on any atom is -0.129 e. The Bertz CT molecular complexity index is 223. The molecule has 3 aliphatic rings. The molecule has 0 saturated heterocycles. The molecule has 4 atom stereocenters. The number of allylic oxidation sites excluding steroid dienone is 2. The van der Waals surface area contributed by atoms with Crippen molar-refractivity contribution in [1.82, 2.24) is 0 Å². The summed E-state index contributed by atoms with van der Waals surface area (Å²) < 4.78 is 0. The summed E-state index contributed by atoms with van der Waals surface area (Å²) in [5.41, 5.74) is 5.33. The summed E-state index contributed by atoms with van der Waals surface area (Å²) in [5, 5.41) is 0. The molecule has 4 unspecified atom stereocenters. The van der Waals surface area contributed by atoms with E-state index in [1.165, 1.54) is 25.7 Å². The predicted molar refractivity (Wildman–Crippen MR) is 59.5 cm³/mol. The van der Waals surface area contributed by atoms with Gasteiger partial charge in [0.2, 0.25) is 0 Å². The molecule has 0 bridgehead atoms. The van der Waals surface area contributed by atoms with E-state index in [1.807, 2.05) is 11.1 Å². The fourth-order valence-electron chi connectivity index (χ4n) is 2.48. The topological polar surface area (TPSA) is 0 Å². The molecule has 12 heavy (non-hydrogen) atoms. The second-order valence-corrected chi connectivity index (χ2v) is 5.95. The van der Waals surface area contributed by atoms with Crippen molar-refractivity contribution >= 4 is 18.5 Å². The molecule has 0 aromatic heterocycles. The van der Waals surface area contributed by atoms with Crippen molar-refractivity contribution in [2.75, 3.05) is 0 Å². The third kappa shape index (κ3) is 1.04. The van der Waals surface area contributed by atoms with E-state index in [-0.39, 0.29) is 0 Å². The van der Waals surface area contributed by atoms with E-state index in [0.29, 0.717) is 0 Å². The molecule has 0 radical (unpaired) electrons. The zero-order valence-corrected chi connectivity index (χ0v) is 9.60. The summed E-state index contributed by atoms with van der Waals surface area (Å²) in [6.07, 6.45) is 5.92. The maximum Gasteiger partial charge on any atom is 0.00500 e. The molecule has 66 valence electrons. The highest BCUT2D eigenvalue weighted by Gasteiger charge is 2.47. The van der Waals surface area contributed by atoms with Gasteiger partial charge in [-0.2, -0.15) is 0 Å². The number of rotatable bonds is 2. The Morgan fingerprint density at radius 1 is 0.750 bits per heavy atom. The smallest absolute Gasteiger partial charge is 0.00500 e. The lowest BCUT2D eigenvalue weighted by Crippen LogP contribution is -2.34. The molecule has 0 aliphatic heterocycles. The zero-order valence-electron chi connectivity index (χ0n) is 7.29. The van der Waals surface area contributed by atoms with E-state index >= 15 is 0 Å². The van der Waals surface area contributed by atoms with Gasteiger partial charge >= 0.3 is 0 Å². The first-order valence-electron chi connectivity index (χ1n) is 5.04.